The van der Waals surface area contributed by atoms with Crippen molar-refractivity contribution >= 4 is 28.9 Å². The molecule has 2 aromatic carbocycles. The van der Waals surface area contributed by atoms with Gasteiger partial charge >= 0.3 is 5.97 Å². The number of carbonyl (C=O) groups is 1. The third kappa shape index (κ3) is 3.42. The number of methoxy groups -OCH3 is 1. The van der Waals surface area contributed by atoms with Gasteiger partial charge < -0.3 is 9.57 Å². The van der Waals surface area contributed by atoms with Gasteiger partial charge in [-0.25, -0.2) is 4.79 Å². The molecule has 5 heteroatoms. The minimum atomic E-state index is -0.416. The molecule has 0 heterocycles. The molecule has 0 spiro atoms. The van der Waals surface area contributed by atoms with Crippen molar-refractivity contribution in [2.45, 2.75) is 6.92 Å². The van der Waals surface area contributed by atoms with Gasteiger partial charge in [0.25, 0.3) is 0 Å². The highest BCUT2D eigenvalue weighted by Crippen LogP contribution is 2.29. The minimum Gasteiger partial charge on any atom is -0.497 e. The van der Waals surface area contributed by atoms with Gasteiger partial charge in [0.05, 0.1) is 18.5 Å². The lowest BCUT2D eigenvalue weighted by molar-refractivity contribution is -0.141. The van der Waals surface area contributed by atoms with E-state index < -0.39 is 5.97 Å². The number of carbonyl (C=O) groups excluding carboxylic acids is 1. The molecule has 0 aliphatic carbocycles. The van der Waals surface area contributed by atoms with E-state index >= 15 is 0 Å². The maximum absolute atomic E-state index is 11.3. The van der Waals surface area contributed by atoms with Gasteiger partial charge in [-0.1, -0.05) is 17.7 Å². The zero-order valence-corrected chi connectivity index (χ0v) is 11.9. The summed E-state index contributed by atoms with van der Waals surface area (Å²) in [7, 11) is 1.59. The molecular formula is C15H14ClNO3. The standard InChI is InChI=1S/C15H14ClNO3/c1-11(18)20-17(14-5-3-4-12(16)10-14)13-6-8-15(19-2)9-7-13/h3-10H,1-2H3. The van der Waals surface area contributed by atoms with Crippen LogP contribution in [0.5, 0.6) is 5.75 Å². The van der Waals surface area contributed by atoms with E-state index in [0.717, 1.165) is 5.75 Å². The van der Waals surface area contributed by atoms with Crippen LogP contribution in [0.15, 0.2) is 48.5 Å². The maximum Gasteiger partial charge on any atom is 0.329 e. The lowest BCUT2D eigenvalue weighted by atomic mass is 10.2. The Kier molecular flexibility index (Phi) is 4.48. The van der Waals surface area contributed by atoms with E-state index in [4.69, 9.17) is 21.2 Å². The van der Waals surface area contributed by atoms with E-state index in [1.54, 1.807) is 55.6 Å². The van der Waals surface area contributed by atoms with Gasteiger partial charge in [0.15, 0.2) is 0 Å². The molecule has 0 radical (unpaired) electrons. The van der Waals surface area contributed by atoms with Crippen LogP contribution in [0.1, 0.15) is 6.92 Å². The molecule has 0 unspecified atom stereocenters. The SMILES string of the molecule is COc1ccc(N(OC(C)=O)c2cccc(Cl)c2)cc1. The Morgan fingerprint density at radius 2 is 1.80 bits per heavy atom. The average molecular weight is 292 g/mol. The van der Waals surface area contributed by atoms with E-state index in [0.29, 0.717) is 16.4 Å². The molecule has 0 N–H and O–H groups in total. The molecule has 0 bridgehead atoms. The summed E-state index contributed by atoms with van der Waals surface area (Å²) in [4.78, 5) is 16.5. The van der Waals surface area contributed by atoms with Crippen LogP contribution in [0.4, 0.5) is 11.4 Å². The Morgan fingerprint density at radius 3 is 2.35 bits per heavy atom. The topological polar surface area (TPSA) is 38.8 Å². The minimum absolute atomic E-state index is 0.416. The lowest BCUT2D eigenvalue weighted by Gasteiger charge is -2.22. The molecule has 2 rings (SSSR count). The Bertz CT molecular complexity index is 598. The highest BCUT2D eigenvalue weighted by molar-refractivity contribution is 6.30. The number of rotatable bonds is 4. The summed E-state index contributed by atoms with van der Waals surface area (Å²) >= 11 is 5.97. The van der Waals surface area contributed by atoms with Crippen molar-refractivity contribution in [3.8, 4) is 5.75 Å². The third-order valence-electron chi connectivity index (χ3n) is 2.57. The predicted molar refractivity (Wildman–Crippen MR) is 78.4 cm³/mol. The zero-order chi connectivity index (χ0) is 14.5. The molecular weight excluding hydrogens is 278 g/mol. The lowest BCUT2D eigenvalue weighted by Crippen LogP contribution is -2.20. The Labute approximate surface area is 122 Å². The van der Waals surface area contributed by atoms with Crippen molar-refractivity contribution in [2.24, 2.45) is 0 Å². The van der Waals surface area contributed by atoms with Crippen LogP contribution in [0.2, 0.25) is 5.02 Å². The Morgan fingerprint density at radius 1 is 1.10 bits per heavy atom. The first-order valence-corrected chi connectivity index (χ1v) is 6.36. The summed E-state index contributed by atoms with van der Waals surface area (Å²) < 4.78 is 5.11. The number of halogens is 1. The second-order valence-corrected chi connectivity index (χ2v) is 4.49. The van der Waals surface area contributed by atoms with E-state index in [2.05, 4.69) is 0 Å². The monoisotopic (exact) mass is 291 g/mol. The highest BCUT2D eigenvalue weighted by atomic mass is 35.5. The van der Waals surface area contributed by atoms with Crippen LogP contribution in [-0.4, -0.2) is 13.1 Å². The van der Waals surface area contributed by atoms with Crippen LogP contribution in [0.25, 0.3) is 0 Å². The van der Waals surface area contributed by atoms with Crippen molar-refractivity contribution in [1.82, 2.24) is 0 Å². The number of anilines is 2. The van der Waals surface area contributed by atoms with Gasteiger partial charge in [-0.3, -0.25) is 0 Å². The highest BCUT2D eigenvalue weighted by Gasteiger charge is 2.13. The number of hydrogen-bond donors (Lipinski definition) is 0. The summed E-state index contributed by atoms with van der Waals surface area (Å²) in [5.41, 5.74) is 1.36. The van der Waals surface area contributed by atoms with Gasteiger partial charge in [0, 0.05) is 11.9 Å². The quantitative estimate of drug-likeness (QED) is 0.799. The van der Waals surface area contributed by atoms with Crippen molar-refractivity contribution < 1.29 is 14.4 Å². The van der Waals surface area contributed by atoms with Gasteiger partial charge in [-0.05, 0) is 42.5 Å². The predicted octanol–water partition coefficient (Wildman–Crippen LogP) is 3.96. The summed E-state index contributed by atoms with van der Waals surface area (Å²) in [5.74, 6) is 0.309. The molecule has 0 saturated heterocycles. The van der Waals surface area contributed by atoms with Gasteiger partial charge in [-0.2, -0.15) is 5.06 Å². The summed E-state index contributed by atoms with van der Waals surface area (Å²) in [6.07, 6.45) is 0. The molecule has 20 heavy (non-hydrogen) atoms. The van der Waals surface area contributed by atoms with Gasteiger partial charge in [0.2, 0.25) is 0 Å². The zero-order valence-electron chi connectivity index (χ0n) is 11.2. The van der Waals surface area contributed by atoms with Crippen molar-refractivity contribution in [3.63, 3.8) is 0 Å². The van der Waals surface area contributed by atoms with Crippen molar-refractivity contribution in [1.29, 1.82) is 0 Å². The average Bonchev–Trinajstić information content (AvgIpc) is 2.45. The first-order chi connectivity index (χ1) is 9.60. The number of ether oxygens (including phenoxy) is 1. The second-order valence-electron chi connectivity index (χ2n) is 4.06. The molecule has 0 aliphatic heterocycles. The molecule has 2 aromatic rings. The van der Waals surface area contributed by atoms with E-state index in [9.17, 15) is 4.79 Å². The second kappa shape index (κ2) is 6.30. The first kappa shape index (κ1) is 14.2. The van der Waals surface area contributed by atoms with E-state index in [-0.39, 0.29) is 0 Å². The van der Waals surface area contributed by atoms with Crippen LogP contribution >= 0.6 is 11.6 Å². The number of nitrogens with zero attached hydrogens (tertiary/aromatic N) is 1. The molecule has 0 atom stereocenters. The van der Waals surface area contributed by atoms with Crippen LogP contribution < -0.4 is 9.80 Å². The molecule has 0 saturated carbocycles. The van der Waals surface area contributed by atoms with Crippen LogP contribution in [0.3, 0.4) is 0 Å². The number of hydrogen-bond acceptors (Lipinski definition) is 4. The summed E-state index contributed by atoms with van der Waals surface area (Å²) in [6, 6.07) is 14.2. The van der Waals surface area contributed by atoms with E-state index in [1.807, 2.05) is 0 Å². The fourth-order valence-corrected chi connectivity index (χ4v) is 1.89. The normalized spacial score (nSPS) is 9.95. The van der Waals surface area contributed by atoms with Crippen molar-refractivity contribution in [2.75, 3.05) is 12.2 Å². The maximum atomic E-state index is 11.3. The first-order valence-electron chi connectivity index (χ1n) is 5.98. The fraction of sp³-hybridized carbons (Fsp3) is 0.133. The summed E-state index contributed by atoms with van der Waals surface area (Å²) in [6.45, 7) is 1.35. The van der Waals surface area contributed by atoms with E-state index in [1.165, 1.54) is 12.0 Å². The fourth-order valence-electron chi connectivity index (χ4n) is 1.70. The molecule has 104 valence electrons. The number of benzene rings is 2. The van der Waals surface area contributed by atoms with Crippen LogP contribution in [0, 0.1) is 0 Å². The van der Waals surface area contributed by atoms with Gasteiger partial charge in [0.1, 0.15) is 5.75 Å². The molecule has 4 nitrogen and oxygen atoms in total. The summed E-state index contributed by atoms with van der Waals surface area (Å²) in [5, 5.41) is 1.99. The molecule has 0 amide bonds. The molecule has 0 fully saturated rings. The third-order valence-corrected chi connectivity index (χ3v) is 2.80. The Hall–Kier alpha value is -2.20. The Balaban J connectivity index is 2.38. The smallest absolute Gasteiger partial charge is 0.329 e. The van der Waals surface area contributed by atoms with Crippen LogP contribution in [-0.2, 0) is 9.63 Å². The van der Waals surface area contributed by atoms with Crippen molar-refractivity contribution in [3.05, 3.63) is 53.6 Å². The van der Waals surface area contributed by atoms with Gasteiger partial charge in [-0.15, -0.1) is 0 Å². The molecule has 0 aromatic heterocycles. The molecule has 0 aliphatic rings. The largest absolute Gasteiger partial charge is 0.497 e.